The van der Waals surface area contributed by atoms with E-state index in [1.807, 2.05) is 33.1 Å². The molecule has 0 aliphatic carbocycles. The highest BCUT2D eigenvalue weighted by Gasteiger charge is 2.25. The van der Waals surface area contributed by atoms with E-state index in [-0.39, 0.29) is 5.41 Å². The molecule has 1 atom stereocenters. The van der Waals surface area contributed by atoms with Crippen LogP contribution in [0.2, 0.25) is 0 Å². The molecule has 12 heavy (non-hydrogen) atoms. The Labute approximate surface area is 77.3 Å². The third-order valence-electron chi connectivity index (χ3n) is 1.69. The van der Waals surface area contributed by atoms with E-state index in [1.165, 1.54) is 11.3 Å². The van der Waals surface area contributed by atoms with Crippen molar-refractivity contribution in [1.29, 1.82) is 0 Å². The Morgan fingerprint density at radius 1 is 1.50 bits per heavy atom. The topological polar surface area (TPSA) is 33.1 Å². The summed E-state index contributed by atoms with van der Waals surface area (Å²) in [6.45, 7) is 7.96. The maximum absolute atomic E-state index is 9.82. The van der Waals surface area contributed by atoms with Crippen LogP contribution in [0, 0.1) is 12.3 Å². The van der Waals surface area contributed by atoms with Gasteiger partial charge in [0, 0.05) is 11.1 Å². The van der Waals surface area contributed by atoms with Gasteiger partial charge < -0.3 is 5.11 Å². The predicted molar refractivity (Wildman–Crippen MR) is 51.3 cm³/mol. The molecule has 0 spiro atoms. The van der Waals surface area contributed by atoms with Crippen molar-refractivity contribution in [1.82, 2.24) is 4.98 Å². The molecule has 1 heterocycles. The molecule has 1 N–H and O–H groups in total. The van der Waals surface area contributed by atoms with Gasteiger partial charge >= 0.3 is 0 Å². The average molecular weight is 185 g/mol. The zero-order chi connectivity index (χ0) is 9.35. The van der Waals surface area contributed by atoms with Crippen molar-refractivity contribution in [3.63, 3.8) is 0 Å². The summed E-state index contributed by atoms with van der Waals surface area (Å²) in [6.07, 6.45) is -0.448. The van der Waals surface area contributed by atoms with Crippen LogP contribution in [0.4, 0.5) is 0 Å². The molecule has 0 aliphatic rings. The number of thiazole rings is 1. The van der Waals surface area contributed by atoms with Gasteiger partial charge in [-0.05, 0) is 12.3 Å². The zero-order valence-electron chi connectivity index (χ0n) is 7.96. The third kappa shape index (κ3) is 2.05. The molecule has 0 aromatic carbocycles. The normalized spacial score (nSPS) is 14.8. The number of aliphatic hydroxyl groups excluding tert-OH is 1. The minimum absolute atomic E-state index is 0.121. The number of hydrogen-bond donors (Lipinski definition) is 1. The highest BCUT2D eigenvalue weighted by molar-refractivity contribution is 7.09. The van der Waals surface area contributed by atoms with Crippen LogP contribution in [-0.4, -0.2) is 10.1 Å². The molecular formula is C9H15NOS. The summed E-state index contributed by atoms with van der Waals surface area (Å²) >= 11 is 1.52. The van der Waals surface area contributed by atoms with Crippen molar-refractivity contribution in [3.05, 3.63) is 16.1 Å². The molecule has 3 heteroatoms. The Morgan fingerprint density at radius 3 is 2.42 bits per heavy atom. The second-order valence-corrected chi connectivity index (χ2v) is 4.99. The highest BCUT2D eigenvalue weighted by atomic mass is 32.1. The fourth-order valence-corrected chi connectivity index (χ4v) is 1.89. The van der Waals surface area contributed by atoms with Gasteiger partial charge in [-0.1, -0.05) is 20.8 Å². The smallest absolute Gasteiger partial charge is 0.122 e. The Hall–Kier alpha value is -0.410. The molecule has 2 nitrogen and oxygen atoms in total. The van der Waals surface area contributed by atoms with Crippen LogP contribution in [-0.2, 0) is 0 Å². The molecule has 0 saturated heterocycles. The van der Waals surface area contributed by atoms with Crippen molar-refractivity contribution in [2.75, 3.05) is 0 Å². The molecule has 0 amide bonds. The Kier molecular flexibility index (Phi) is 2.54. The molecule has 68 valence electrons. The van der Waals surface area contributed by atoms with Crippen LogP contribution >= 0.6 is 11.3 Å². The van der Waals surface area contributed by atoms with Crippen molar-refractivity contribution in [2.45, 2.75) is 33.8 Å². The Morgan fingerprint density at radius 2 is 2.08 bits per heavy atom. The fourth-order valence-electron chi connectivity index (χ4n) is 0.868. The monoisotopic (exact) mass is 185 g/mol. The second kappa shape index (κ2) is 3.15. The van der Waals surface area contributed by atoms with Crippen LogP contribution in [0.15, 0.2) is 5.38 Å². The number of rotatable bonds is 1. The van der Waals surface area contributed by atoms with Gasteiger partial charge in [0.15, 0.2) is 0 Å². The van der Waals surface area contributed by atoms with Crippen molar-refractivity contribution in [2.24, 2.45) is 5.41 Å². The first-order valence-electron chi connectivity index (χ1n) is 4.01. The van der Waals surface area contributed by atoms with Gasteiger partial charge in [-0.3, -0.25) is 0 Å². The van der Waals surface area contributed by atoms with Gasteiger partial charge in [0.1, 0.15) is 11.1 Å². The highest BCUT2D eigenvalue weighted by Crippen LogP contribution is 2.33. The number of nitrogens with zero attached hydrogens (tertiary/aromatic N) is 1. The second-order valence-electron chi connectivity index (χ2n) is 4.10. The summed E-state index contributed by atoms with van der Waals surface area (Å²) in [5.41, 5.74) is 0.864. The Bertz CT molecular complexity index is 262. The van der Waals surface area contributed by atoms with E-state index < -0.39 is 6.10 Å². The molecule has 0 bridgehead atoms. The average Bonchev–Trinajstić information content (AvgIpc) is 2.32. The molecule has 0 fully saturated rings. The Balaban J connectivity index is 2.85. The van der Waals surface area contributed by atoms with E-state index >= 15 is 0 Å². The molecule has 0 radical (unpaired) electrons. The minimum Gasteiger partial charge on any atom is -0.385 e. The number of hydrogen-bond acceptors (Lipinski definition) is 3. The van der Waals surface area contributed by atoms with E-state index in [2.05, 4.69) is 4.98 Å². The molecular weight excluding hydrogens is 170 g/mol. The fraction of sp³-hybridized carbons (Fsp3) is 0.667. The van der Waals surface area contributed by atoms with Gasteiger partial charge in [0.2, 0.25) is 0 Å². The standard InChI is InChI=1S/C9H15NOS/c1-6-5-12-8(10-6)7(11)9(2,3)4/h5,7,11H,1-4H3. The van der Waals surface area contributed by atoms with E-state index in [0.29, 0.717) is 0 Å². The maximum atomic E-state index is 9.82. The van der Waals surface area contributed by atoms with Crippen molar-refractivity contribution in [3.8, 4) is 0 Å². The number of aryl methyl sites for hydroxylation is 1. The van der Waals surface area contributed by atoms with Crippen LogP contribution in [0.5, 0.6) is 0 Å². The lowest BCUT2D eigenvalue weighted by Crippen LogP contribution is -2.17. The molecule has 1 aromatic rings. The van der Waals surface area contributed by atoms with E-state index in [0.717, 1.165) is 10.7 Å². The van der Waals surface area contributed by atoms with Crippen molar-refractivity contribution >= 4 is 11.3 Å². The molecule has 1 unspecified atom stereocenters. The summed E-state index contributed by atoms with van der Waals surface area (Å²) < 4.78 is 0. The molecule has 0 saturated carbocycles. The van der Waals surface area contributed by atoms with E-state index in [9.17, 15) is 5.11 Å². The van der Waals surface area contributed by atoms with E-state index in [4.69, 9.17) is 0 Å². The molecule has 1 rings (SSSR count). The third-order valence-corrected chi connectivity index (χ3v) is 2.71. The van der Waals surface area contributed by atoms with Gasteiger partial charge in [-0.15, -0.1) is 11.3 Å². The van der Waals surface area contributed by atoms with Gasteiger partial charge in [0.05, 0.1) is 0 Å². The first-order chi connectivity index (χ1) is 5.41. The lowest BCUT2D eigenvalue weighted by Gasteiger charge is -2.23. The largest absolute Gasteiger partial charge is 0.385 e. The maximum Gasteiger partial charge on any atom is 0.122 e. The van der Waals surface area contributed by atoms with Gasteiger partial charge in [-0.25, -0.2) is 4.98 Å². The van der Waals surface area contributed by atoms with Gasteiger partial charge in [0.25, 0.3) is 0 Å². The summed E-state index contributed by atoms with van der Waals surface area (Å²) in [5.74, 6) is 0. The van der Waals surface area contributed by atoms with Crippen LogP contribution in [0.25, 0.3) is 0 Å². The first kappa shape index (κ1) is 9.68. The summed E-state index contributed by atoms with van der Waals surface area (Å²) in [5, 5.41) is 12.6. The van der Waals surface area contributed by atoms with E-state index in [1.54, 1.807) is 0 Å². The summed E-state index contributed by atoms with van der Waals surface area (Å²) in [7, 11) is 0. The molecule has 1 aromatic heterocycles. The van der Waals surface area contributed by atoms with Crippen LogP contribution < -0.4 is 0 Å². The van der Waals surface area contributed by atoms with Crippen LogP contribution in [0.1, 0.15) is 37.6 Å². The van der Waals surface area contributed by atoms with Crippen LogP contribution in [0.3, 0.4) is 0 Å². The molecule has 0 aliphatic heterocycles. The lowest BCUT2D eigenvalue weighted by molar-refractivity contribution is 0.0623. The minimum atomic E-state index is -0.448. The number of aliphatic hydroxyl groups is 1. The quantitative estimate of drug-likeness (QED) is 0.729. The van der Waals surface area contributed by atoms with Crippen molar-refractivity contribution < 1.29 is 5.11 Å². The predicted octanol–water partition coefficient (Wildman–Crippen LogP) is 2.53. The summed E-state index contributed by atoms with van der Waals surface area (Å²) in [6, 6.07) is 0. The lowest BCUT2D eigenvalue weighted by atomic mass is 9.90. The zero-order valence-corrected chi connectivity index (χ0v) is 8.77. The first-order valence-corrected chi connectivity index (χ1v) is 4.89. The summed E-state index contributed by atoms with van der Waals surface area (Å²) in [4.78, 5) is 4.25. The SMILES string of the molecule is Cc1csc(C(O)C(C)(C)C)n1. The number of aromatic nitrogens is 1. The van der Waals surface area contributed by atoms with Gasteiger partial charge in [-0.2, -0.15) is 0 Å².